The molecule has 1 radical (unpaired) electrons. The fraction of sp³-hybridized carbons (Fsp3) is 0.0500. The summed E-state index contributed by atoms with van der Waals surface area (Å²) in [5.41, 5.74) is 4.56. The van der Waals surface area contributed by atoms with E-state index in [1.807, 2.05) is 36.4 Å². The molecule has 0 saturated carbocycles. The highest BCUT2D eigenvalue weighted by Gasteiger charge is 2.05. The van der Waals surface area contributed by atoms with E-state index in [1.54, 1.807) is 12.1 Å². The van der Waals surface area contributed by atoms with Gasteiger partial charge in [0.15, 0.2) is 0 Å². The summed E-state index contributed by atoms with van der Waals surface area (Å²) in [6, 6.07) is 25.4. The van der Waals surface area contributed by atoms with Gasteiger partial charge in [0, 0.05) is 0 Å². The highest BCUT2D eigenvalue weighted by Crippen LogP contribution is 2.25. The molecule has 0 amide bonds. The molecular formula is C20H16F. The maximum absolute atomic E-state index is 13.2. The Kier molecular flexibility index (Phi) is 4.11. The van der Waals surface area contributed by atoms with Crippen molar-refractivity contribution in [2.75, 3.05) is 0 Å². The molecule has 0 nitrogen and oxygen atoms in total. The molecule has 0 unspecified atom stereocenters. The smallest absolute Gasteiger partial charge is 0.123 e. The number of rotatable bonds is 4. The van der Waals surface area contributed by atoms with E-state index in [-0.39, 0.29) is 5.82 Å². The fourth-order valence-corrected chi connectivity index (χ4v) is 2.45. The zero-order valence-corrected chi connectivity index (χ0v) is 11.7. The molecule has 0 aliphatic heterocycles. The van der Waals surface area contributed by atoms with Crippen LogP contribution in [0.4, 0.5) is 4.39 Å². The summed E-state index contributed by atoms with van der Waals surface area (Å²) in [6.45, 7) is 0. The van der Waals surface area contributed by atoms with Crippen LogP contribution in [0.1, 0.15) is 11.1 Å². The third-order valence-corrected chi connectivity index (χ3v) is 3.49. The molecule has 103 valence electrons. The molecule has 0 aliphatic carbocycles. The number of benzene rings is 3. The fourth-order valence-electron chi connectivity index (χ4n) is 2.45. The predicted molar refractivity (Wildman–Crippen MR) is 85.4 cm³/mol. The van der Waals surface area contributed by atoms with E-state index >= 15 is 0 Å². The first-order valence-corrected chi connectivity index (χ1v) is 7.05. The molecule has 0 aliphatic rings. The third-order valence-electron chi connectivity index (χ3n) is 3.49. The zero-order chi connectivity index (χ0) is 14.5. The Morgan fingerprint density at radius 3 is 2.33 bits per heavy atom. The van der Waals surface area contributed by atoms with Gasteiger partial charge in [-0.05, 0) is 47.2 Å². The lowest BCUT2D eigenvalue weighted by Crippen LogP contribution is -1.92. The van der Waals surface area contributed by atoms with E-state index in [4.69, 9.17) is 0 Å². The molecule has 0 spiro atoms. The van der Waals surface area contributed by atoms with Gasteiger partial charge < -0.3 is 0 Å². The van der Waals surface area contributed by atoms with E-state index in [2.05, 4.69) is 30.7 Å². The van der Waals surface area contributed by atoms with E-state index < -0.39 is 0 Å². The topological polar surface area (TPSA) is 0 Å². The van der Waals surface area contributed by atoms with E-state index in [1.165, 1.54) is 22.8 Å². The minimum atomic E-state index is -0.183. The average molecular weight is 275 g/mol. The first-order valence-electron chi connectivity index (χ1n) is 7.05. The van der Waals surface area contributed by atoms with Crippen LogP contribution in [0.15, 0.2) is 78.9 Å². The third kappa shape index (κ3) is 3.38. The molecule has 0 fully saturated rings. The summed E-state index contributed by atoms with van der Waals surface area (Å²) in [4.78, 5) is 0. The minimum absolute atomic E-state index is 0.183. The maximum atomic E-state index is 13.2. The summed E-state index contributed by atoms with van der Waals surface area (Å²) in [5, 5.41) is 0. The van der Waals surface area contributed by atoms with Crippen LogP contribution in [0.2, 0.25) is 0 Å². The Morgan fingerprint density at radius 2 is 1.52 bits per heavy atom. The molecule has 21 heavy (non-hydrogen) atoms. The van der Waals surface area contributed by atoms with Gasteiger partial charge in [-0.15, -0.1) is 0 Å². The Morgan fingerprint density at radius 1 is 0.762 bits per heavy atom. The van der Waals surface area contributed by atoms with Gasteiger partial charge in [-0.25, -0.2) is 4.39 Å². The first kappa shape index (κ1) is 13.6. The molecule has 0 heterocycles. The van der Waals surface area contributed by atoms with Crippen LogP contribution >= 0.6 is 0 Å². The maximum Gasteiger partial charge on any atom is 0.123 e. The second-order valence-electron chi connectivity index (χ2n) is 4.99. The van der Waals surface area contributed by atoms with Crippen molar-refractivity contribution in [2.45, 2.75) is 6.42 Å². The monoisotopic (exact) mass is 275 g/mol. The van der Waals surface area contributed by atoms with Crippen molar-refractivity contribution in [1.29, 1.82) is 0 Å². The van der Waals surface area contributed by atoms with Crippen molar-refractivity contribution >= 4 is 0 Å². The second-order valence-corrected chi connectivity index (χ2v) is 4.99. The Hall–Kier alpha value is -2.41. The Bertz CT molecular complexity index is 717. The van der Waals surface area contributed by atoms with Crippen molar-refractivity contribution in [3.63, 3.8) is 0 Å². The Balaban J connectivity index is 1.83. The van der Waals surface area contributed by atoms with Crippen LogP contribution in [0.3, 0.4) is 0 Å². The van der Waals surface area contributed by atoms with Crippen molar-refractivity contribution < 1.29 is 4.39 Å². The van der Waals surface area contributed by atoms with Gasteiger partial charge >= 0.3 is 0 Å². The van der Waals surface area contributed by atoms with Gasteiger partial charge in [0.05, 0.1) is 0 Å². The van der Waals surface area contributed by atoms with Crippen LogP contribution in [0, 0.1) is 12.2 Å². The normalized spacial score (nSPS) is 10.5. The molecular weight excluding hydrogens is 259 g/mol. The first-order chi connectivity index (χ1) is 10.3. The largest absolute Gasteiger partial charge is 0.207 e. The van der Waals surface area contributed by atoms with Crippen molar-refractivity contribution in [2.24, 2.45) is 0 Å². The quantitative estimate of drug-likeness (QED) is 0.607. The molecule has 0 bridgehead atoms. The van der Waals surface area contributed by atoms with Gasteiger partial charge in [-0.3, -0.25) is 0 Å². The van der Waals surface area contributed by atoms with Crippen LogP contribution in [-0.4, -0.2) is 0 Å². The second kappa shape index (κ2) is 6.36. The van der Waals surface area contributed by atoms with E-state index in [0.29, 0.717) is 0 Å². The average Bonchev–Trinajstić information content (AvgIpc) is 2.54. The molecule has 3 rings (SSSR count). The van der Waals surface area contributed by atoms with Crippen molar-refractivity contribution in [1.82, 2.24) is 0 Å². The molecule has 0 N–H and O–H groups in total. The predicted octanol–water partition coefficient (Wildman–Crippen LogP) is 5.29. The highest BCUT2D eigenvalue weighted by atomic mass is 19.1. The molecule has 0 atom stereocenters. The van der Waals surface area contributed by atoms with Gasteiger partial charge in [0.1, 0.15) is 5.82 Å². The number of hydrogen-bond acceptors (Lipinski definition) is 0. The standard InChI is InChI=1S/C20H16F/c21-19-11-6-7-16(15-19)13-14-18-10-4-5-12-20(18)17-8-2-1-3-9-17/h1-12,14-15H,13H2. The molecule has 0 aromatic heterocycles. The van der Waals surface area contributed by atoms with Crippen LogP contribution in [0.5, 0.6) is 0 Å². The zero-order valence-electron chi connectivity index (χ0n) is 11.7. The molecule has 0 saturated heterocycles. The van der Waals surface area contributed by atoms with Crippen LogP contribution < -0.4 is 0 Å². The summed E-state index contributed by atoms with van der Waals surface area (Å²) in [7, 11) is 0. The lowest BCUT2D eigenvalue weighted by molar-refractivity contribution is 0.626. The number of hydrogen-bond donors (Lipinski definition) is 0. The lowest BCUT2D eigenvalue weighted by Gasteiger charge is -2.09. The summed E-state index contributed by atoms with van der Waals surface area (Å²) in [5.74, 6) is -0.183. The Labute approximate surface area is 124 Å². The number of halogens is 1. The minimum Gasteiger partial charge on any atom is -0.207 e. The SMILES string of the molecule is Fc1cccc(C[CH]c2ccccc2-c2ccccc2)c1. The summed E-state index contributed by atoms with van der Waals surface area (Å²) in [6.07, 6.45) is 2.87. The van der Waals surface area contributed by atoms with E-state index in [9.17, 15) is 4.39 Å². The molecule has 1 heteroatoms. The van der Waals surface area contributed by atoms with Crippen LogP contribution in [0.25, 0.3) is 11.1 Å². The van der Waals surface area contributed by atoms with Gasteiger partial charge in [-0.2, -0.15) is 0 Å². The van der Waals surface area contributed by atoms with Crippen molar-refractivity contribution in [3.8, 4) is 11.1 Å². The van der Waals surface area contributed by atoms with Crippen molar-refractivity contribution in [3.05, 3.63) is 102 Å². The lowest BCUT2D eigenvalue weighted by atomic mass is 9.95. The van der Waals surface area contributed by atoms with Gasteiger partial charge in [0.25, 0.3) is 0 Å². The summed E-state index contributed by atoms with van der Waals surface area (Å²) >= 11 is 0. The van der Waals surface area contributed by atoms with Gasteiger partial charge in [-0.1, -0.05) is 66.7 Å². The summed E-state index contributed by atoms with van der Waals surface area (Å²) < 4.78 is 13.2. The molecule has 3 aromatic carbocycles. The van der Waals surface area contributed by atoms with E-state index in [0.717, 1.165) is 12.0 Å². The van der Waals surface area contributed by atoms with Crippen LogP contribution in [-0.2, 0) is 6.42 Å². The molecule has 3 aromatic rings. The van der Waals surface area contributed by atoms with Gasteiger partial charge in [0.2, 0.25) is 0 Å². The highest BCUT2D eigenvalue weighted by molar-refractivity contribution is 5.68.